The summed E-state index contributed by atoms with van der Waals surface area (Å²) in [7, 11) is 0. The highest BCUT2D eigenvalue weighted by molar-refractivity contribution is 5.81. The van der Waals surface area contributed by atoms with Gasteiger partial charge in [-0.15, -0.1) is 0 Å². The van der Waals surface area contributed by atoms with E-state index in [1.54, 1.807) is 0 Å². The summed E-state index contributed by atoms with van der Waals surface area (Å²) in [5, 5.41) is 3.23. The molecule has 0 saturated heterocycles. The third kappa shape index (κ3) is 3.48. The molecule has 108 valence electrons. The third-order valence-corrected chi connectivity index (χ3v) is 3.65. The fraction of sp³-hybridized carbons (Fsp3) is 0.235. The van der Waals surface area contributed by atoms with Crippen molar-refractivity contribution in [3.8, 4) is 0 Å². The van der Waals surface area contributed by atoms with Gasteiger partial charge in [0.15, 0.2) is 0 Å². The van der Waals surface area contributed by atoms with Crippen LogP contribution in [0.4, 0.5) is 0 Å². The van der Waals surface area contributed by atoms with E-state index in [-0.39, 0.29) is 11.9 Å². The van der Waals surface area contributed by atoms with Crippen molar-refractivity contribution in [2.24, 2.45) is 0 Å². The first kappa shape index (κ1) is 13.8. The van der Waals surface area contributed by atoms with Crippen LogP contribution in [0, 0.1) is 0 Å². The van der Waals surface area contributed by atoms with Gasteiger partial charge in [0.05, 0.1) is 12.6 Å². The summed E-state index contributed by atoms with van der Waals surface area (Å²) < 4.78 is 0. The zero-order valence-electron chi connectivity index (χ0n) is 11.7. The van der Waals surface area contributed by atoms with Crippen LogP contribution < -0.4 is 10.8 Å². The van der Waals surface area contributed by atoms with Crippen LogP contribution in [0.3, 0.4) is 0 Å². The summed E-state index contributed by atoms with van der Waals surface area (Å²) in [5.41, 5.74) is 6.04. The second-order valence-corrected chi connectivity index (χ2v) is 5.15. The zero-order valence-corrected chi connectivity index (χ0v) is 11.7. The standard InChI is InChI=1S/C17H18N2O2/c20-17(19-21-12-13-6-2-1-3-7-13)16-10-14-8-4-5-9-15(14)11-18-16/h1-9,16,18H,10-12H2,(H,19,20)/t16-/m1/s1. The van der Waals surface area contributed by atoms with Gasteiger partial charge in [-0.25, -0.2) is 5.48 Å². The molecule has 1 aliphatic rings. The highest BCUT2D eigenvalue weighted by Crippen LogP contribution is 2.16. The first-order valence-corrected chi connectivity index (χ1v) is 7.08. The van der Waals surface area contributed by atoms with E-state index in [1.165, 1.54) is 11.1 Å². The minimum Gasteiger partial charge on any atom is -0.301 e. The van der Waals surface area contributed by atoms with Gasteiger partial charge in [0.25, 0.3) is 5.91 Å². The maximum atomic E-state index is 12.1. The van der Waals surface area contributed by atoms with Crippen LogP contribution in [-0.4, -0.2) is 11.9 Å². The van der Waals surface area contributed by atoms with Crippen molar-refractivity contribution in [1.82, 2.24) is 10.8 Å². The van der Waals surface area contributed by atoms with Gasteiger partial charge in [-0.05, 0) is 23.1 Å². The number of hydroxylamine groups is 1. The summed E-state index contributed by atoms with van der Waals surface area (Å²) in [6, 6.07) is 17.7. The Morgan fingerprint density at radius 2 is 1.81 bits per heavy atom. The van der Waals surface area contributed by atoms with E-state index < -0.39 is 0 Å². The molecule has 4 heteroatoms. The van der Waals surface area contributed by atoms with E-state index in [0.29, 0.717) is 19.6 Å². The Morgan fingerprint density at radius 3 is 2.62 bits per heavy atom. The fourth-order valence-corrected chi connectivity index (χ4v) is 2.48. The number of fused-ring (bicyclic) bond motifs is 1. The predicted molar refractivity (Wildman–Crippen MR) is 80.1 cm³/mol. The topological polar surface area (TPSA) is 50.4 Å². The van der Waals surface area contributed by atoms with Crippen LogP contribution in [0.1, 0.15) is 16.7 Å². The number of nitrogens with one attached hydrogen (secondary N) is 2. The molecule has 3 rings (SSSR count). The molecule has 1 amide bonds. The molecule has 1 aliphatic heterocycles. The molecule has 1 atom stereocenters. The van der Waals surface area contributed by atoms with Crippen LogP contribution in [0.5, 0.6) is 0 Å². The lowest BCUT2D eigenvalue weighted by atomic mass is 9.96. The molecular weight excluding hydrogens is 264 g/mol. The van der Waals surface area contributed by atoms with Crippen LogP contribution in [0.2, 0.25) is 0 Å². The number of rotatable bonds is 4. The minimum atomic E-state index is -0.240. The van der Waals surface area contributed by atoms with E-state index in [1.807, 2.05) is 42.5 Å². The number of hydrogen-bond donors (Lipinski definition) is 2. The molecule has 1 heterocycles. The van der Waals surface area contributed by atoms with Crippen molar-refractivity contribution in [1.29, 1.82) is 0 Å². The number of benzene rings is 2. The molecule has 0 unspecified atom stereocenters. The smallest absolute Gasteiger partial charge is 0.261 e. The van der Waals surface area contributed by atoms with Crippen molar-refractivity contribution in [3.63, 3.8) is 0 Å². The average Bonchev–Trinajstić information content (AvgIpc) is 2.55. The molecule has 4 nitrogen and oxygen atoms in total. The third-order valence-electron chi connectivity index (χ3n) is 3.65. The van der Waals surface area contributed by atoms with Gasteiger partial charge >= 0.3 is 0 Å². The Hall–Kier alpha value is -2.17. The lowest BCUT2D eigenvalue weighted by molar-refractivity contribution is -0.137. The van der Waals surface area contributed by atoms with Crippen LogP contribution in [-0.2, 0) is 29.2 Å². The number of carbonyl (C=O) groups is 1. The van der Waals surface area contributed by atoms with Crippen molar-refractivity contribution in [3.05, 3.63) is 71.3 Å². The lowest BCUT2D eigenvalue weighted by Crippen LogP contribution is -2.47. The second-order valence-electron chi connectivity index (χ2n) is 5.15. The number of hydrogen-bond acceptors (Lipinski definition) is 3. The Morgan fingerprint density at radius 1 is 1.10 bits per heavy atom. The average molecular weight is 282 g/mol. The molecule has 0 spiro atoms. The monoisotopic (exact) mass is 282 g/mol. The predicted octanol–water partition coefficient (Wildman–Crippen LogP) is 1.95. The largest absolute Gasteiger partial charge is 0.301 e. The van der Waals surface area contributed by atoms with Crippen molar-refractivity contribution >= 4 is 5.91 Å². The normalized spacial score (nSPS) is 17.0. The molecule has 0 bridgehead atoms. The summed E-state index contributed by atoms with van der Waals surface area (Å²) in [6.45, 7) is 1.09. The molecule has 0 radical (unpaired) electrons. The van der Waals surface area contributed by atoms with Crippen LogP contribution in [0.25, 0.3) is 0 Å². The molecule has 0 fully saturated rings. The Bertz CT molecular complexity index is 613. The van der Waals surface area contributed by atoms with Crippen molar-refractivity contribution in [2.45, 2.75) is 25.6 Å². The highest BCUT2D eigenvalue weighted by Gasteiger charge is 2.23. The fourth-order valence-electron chi connectivity index (χ4n) is 2.48. The molecular formula is C17H18N2O2. The maximum absolute atomic E-state index is 12.1. The van der Waals surface area contributed by atoms with Crippen LogP contribution in [0.15, 0.2) is 54.6 Å². The lowest BCUT2D eigenvalue weighted by Gasteiger charge is -2.25. The van der Waals surface area contributed by atoms with E-state index >= 15 is 0 Å². The first-order chi connectivity index (χ1) is 10.3. The highest BCUT2D eigenvalue weighted by atomic mass is 16.6. The van der Waals surface area contributed by atoms with Crippen molar-refractivity contribution < 1.29 is 9.63 Å². The molecule has 2 N–H and O–H groups in total. The van der Waals surface area contributed by atoms with E-state index in [4.69, 9.17) is 4.84 Å². The SMILES string of the molecule is O=C(NOCc1ccccc1)[C@H]1Cc2ccccc2CN1. The molecule has 0 saturated carbocycles. The summed E-state index contributed by atoms with van der Waals surface area (Å²) in [5.74, 6) is -0.125. The number of amides is 1. The zero-order chi connectivity index (χ0) is 14.5. The Labute approximate surface area is 124 Å². The van der Waals surface area contributed by atoms with Gasteiger partial charge in [0.2, 0.25) is 0 Å². The van der Waals surface area contributed by atoms with Crippen molar-refractivity contribution in [2.75, 3.05) is 0 Å². The van der Waals surface area contributed by atoms with Gasteiger partial charge < -0.3 is 5.32 Å². The molecule has 2 aromatic rings. The maximum Gasteiger partial charge on any atom is 0.261 e. The molecule has 21 heavy (non-hydrogen) atoms. The number of carbonyl (C=O) groups excluding carboxylic acids is 1. The quantitative estimate of drug-likeness (QED) is 0.843. The molecule has 0 aliphatic carbocycles. The molecule has 0 aromatic heterocycles. The summed E-state index contributed by atoms with van der Waals surface area (Å²) >= 11 is 0. The van der Waals surface area contributed by atoms with Gasteiger partial charge in [-0.2, -0.15) is 0 Å². The minimum absolute atomic E-state index is 0.125. The Balaban J connectivity index is 1.50. The van der Waals surface area contributed by atoms with Gasteiger partial charge in [-0.1, -0.05) is 54.6 Å². The molecule has 2 aromatic carbocycles. The van der Waals surface area contributed by atoms with E-state index in [2.05, 4.69) is 22.9 Å². The van der Waals surface area contributed by atoms with E-state index in [0.717, 1.165) is 5.56 Å². The first-order valence-electron chi connectivity index (χ1n) is 7.08. The van der Waals surface area contributed by atoms with Gasteiger partial charge in [0, 0.05) is 6.54 Å². The van der Waals surface area contributed by atoms with Gasteiger partial charge in [0.1, 0.15) is 0 Å². The van der Waals surface area contributed by atoms with E-state index in [9.17, 15) is 4.79 Å². The summed E-state index contributed by atoms with van der Waals surface area (Å²) in [6.07, 6.45) is 0.691. The van der Waals surface area contributed by atoms with Gasteiger partial charge in [-0.3, -0.25) is 9.63 Å². The second kappa shape index (κ2) is 6.52. The summed E-state index contributed by atoms with van der Waals surface area (Å²) in [4.78, 5) is 17.4. The Kier molecular flexibility index (Phi) is 4.28. The van der Waals surface area contributed by atoms with Crippen LogP contribution >= 0.6 is 0 Å².